The van der Waals surface area contributed by atoms with Crippen molar-refractivity contribution in [2.24, 2.45) is 11.8 Å². The Hall–Kier alpha value is -0.490. The summed E-state index contributed by atoms with van der Waals surface area (Å²) in [5.74, 6) is -2.46. The summed E-state index contributed by atoms with van der Waals surface area (Å²) in [5, 5.41) is 0. The van der Waals surface area contributed by atoms with Gasteiger partial charge in [-0.05, 0) is 18.6 Å². The Bertz CT molecular complexity index is 616. The first-order valence-corrected chi connectivity index (χ1v) is 9.90. The molecule has 0 bridgehead atoms. The highest BCUT2D eigenvalue weighted by atomic mass is 127. The van der Waals surface area contributed by atoms with Gasteiger partial charge in [0.05, 0.1) is 32.3 Å². The first-order valence-electron chi connectivity index (χ1n) is 8.82. The number of ether oxygens (including phenoxy) is 4. The SMILES string of the molecule is CCCC1COC(C2COC(c3cc(F)c(C(F)(F)I)c(F)c3)OC2)OC1. The lowest BCUT2D eigenvalue weighted by molar-refractivity contribution is -0.283. The predicted molar refractivity (Wildman–Crippen MR) is 96.5 cm³/mol. The summed E-state index contributed by atoms with van der Waals surface area (Å²) in [6.07, 6.45) is 0.621. The molecule has 0 spiro atoms. The topological polar surface area (TPSA) is 36.9 Å². The van der Waals surface area contributed by atoms with Gasteiger partial charge >= 0.3 is 3.93 Å². The summed E-state index contributed by atoms with van der Waals surface area (Å²) in [6, 6.07) is 1.64. The Labute approximate surface area is 168 Å². The number of benzene rings is 1. The van der Waals surface area contributed by atoms with Crippen LogP contribution in [0.5, 0.6) is 0 Å². The van der Waals surface area contributed by atoms with Gasteiger partial charge < -0.3 is 18.9 Å². The molecule has 3 rings (SSSR count). The van der Waals surface area contributed by atoms with E-state index in [1.165, 1.54) is 0 Å². The molecule has 1 aromatic rings. The van der Waals surface area contributed by atoms with Crippen molar-refractivity contribution in [3.05, 3.63) is 34.9 Å². The second kappa shape index (κ2) is 8.89. The van der Waals surface area contributed by atoms with E-state index in [0.29, 0.717) is 41.7 Å². The average Bonchev–Trinajstić information content (AvgIpc) is 2.61. The van der Waals surface area contributed by atoms with Crippen molar-refractivity contribution < 1.29 is 36.5 Å². The lowest BCUT2D eigenvalue weighted by Gasteiger charge is -2.37. The Morgan fingerprint density at radius 2 is 1.56 bits per heavy atom. The van der Waals surface area contributed by atoms with E-state index in [9.17, 15) is 17.6 Å². The highest BCUT2D eigenvalue weighted by molar-refractivity contribution is 14.1. The Balaban J connectivity index is 1.58. The lowest BCUT2D eigenvalue weighted by Crippen LogP contribution is -2.43. The van der Waals surface area contributed by atoms with E-state index < -0.39 is 33.7 Å². The van der Waals surface area contributed by atoms with Gasteiger partial charge in [-0.15, -0.1) is 0 Å². The van der Waals surface area contributed by atoms with Gasteiger partial charge in [-0.2, -0.15) is 8.78 Å². The van der Waals surface area contributed by atoms with Crippen molar-refractivity contribution in [3.63, 3.8) is 0 Å². The fourth-order valence-corrected chi connectivity index (χ4v) is 3.79. The molecule has 2 fully saturated rings. The summed E-state index contributed by atoms with van der Waals surface area (Å²) >= 11 is 0.690. The van der Waals surface area contributed by atoms with E-state index in [1.54, 1.807) is 0 Å². The van der Waals surface area contributed by atoms with Crippen LogP contribution in [0.1, 0.15) is 37.2 Å². The zero-order chi connectivity index (χ0) is 19.6. The number of halogens is 5. The van der Waals surface area contributed by atoms with Crippen LogP contribution >= 0.6 is 22.6 Å². The average molecular weight is 504 g/mol. The largest absolute Gasteiger partial charge is 0.352 e. The molecule has 27 heavy (non-hydrogen) atoms. The third-order valence-electron chi connectivity index (χ3n) is 4.62. The van der Waals surface area contributed by atoms with Gasteiger partial charge in [-0.3, -0.25) is 0 Å². The molecule has 0 aliphatic carbocycles. The number of rotatable bonds is 5. The minimum absolute atomic E-state index is 0.0151. The molecule has 2 aliphatic rings. The molecular formula is C18H21F4IO4. The first kappa shape index (κ1) is 21.2. The van der Waals surface area contributed by atoms with E-state index in [1.807, 2.05) is 0 Å². The standard InChI is InChI=1S/C18H21F4IO4/c1-2-3-10-6-24-17(25-7-10)12-8-26-16(27-9-12)11-4-13(19)15(14(20)5-11)18(21,22)23/h4-5,10,12,16-17H,2-3,6-9H2,1H3. The lowest BCUT2D eigenvalue weighted by atomic mass is 10.0. The molecule has 0 amide bonds. The zero-order valence-electron chi connectivity index (χ0n) is 14.7. The maximum Gasteiger partial charge on any atom is 0.327 e. The van der Waals surface area contributed by atoms with Crippen molar-refractivity contribution in [1.29, 1.82) is 0 Å². The van der Waals surface area contributed by atoms with Gasteiger partial charge in [-0.1, -0.05) is 13.3 Å². The van der Waals surface area contributed by atoms with Crippen LogP contribution in [-0.4, -0.2) is 32.7 Å². The zero-order valence-corrected chi connectivity index (χ0v) is 16.9. The summed E-state index contributed by atoms with van der Waals surface area (Å²) in [4.78, 5) is 0. The molecule has 0 saturated carbocycles. The Morgan fingerprint density at radius 1 is 1.00 bits per heavy atom. The normalized spacial score (nSPS) is 29.7. The Kier molecular flexibility index (Phi) is 6.99. The van der Waals surface area contributed by atoms with Crippen molar-refractivity contribution >= 4 is 22.6 Å². The second-order valence-electron chi connectivity index (χ2n) is 6.81. The monoisotopic (exact) mass is 504 g/mol. The minimum Gasteiger partial charge on any atom is -0.352 e. The van der Waals surface area contributed by atoms with Gasteiger partial charge in [0, 0.05) is 34.1 Å². The fourth-order valence-electron chi connectivity index (χ4n) is 3.27. The smallest absolute Gasteiger partial charge is 0.327 e. The van der Waals surface area contributed by atoms with Crippen LogP contribution in [0.15, 0.2) is 12.1 Å². The maximum atomic E-state index is 14.0. The number of hydrogen-bond acceptors (Lipinski definition) is 4. The summed E-state index contributed by atoms with van der Waals surface area (Å²) in [7, 11) is 0. The van der Waals surface area contributed by atoms with E-state index in [2.05, 4.69) is 6.92 Å². The summed E-state index contributed by atoms with van der Waals surface area (Å²) in [5.41, 5.74) is -1.26. The van der Waals surface area contributed by atoms with E-state index in [0.717, 1.165) is 25.0 Å². The fraction of sp³-hybridized carbons (Fsp3) is 0.667. The van der Waals surface area contributed by atoms with Crippen LogP contribution in [0.25, 0.3) is 0 Å². The van der Waals surface area contributed by atoms with E-state index in [-0.39, 0.29) is 24.7 Å². The number of alkyl halides is 3. The van der Waals surface area contributed by atoms with Crippen molar-refractivity contribution in [2.45, 2.75) is 36.3 Å². The van der Waals surface area contributed by atoms with Gasteiger partial charge in [0.25, 0.3) is 0 Å². The maximum absolute atomic E-state index is 14.0. The first-order chi connectivity index (χ1) is 12.8. The van der Waals surface area contributed by atoms with Crippen molar-refractivity contribution in [2.75, 3.05) is 26.4 Å². The predicted octanol–water partition coefficient (Wildman–Crippen LogP) is 4.90. The van der Waals surface area contributed by atoms with E-state index >= 15 is 0 Å². The molecule has 2 aliphatic heterocycles. The quantitative estimate of drug-likeness (QED) is 0.325. The Morgan fingerprint density at radius 3 is 2.04 bits per heavy atom. The highest BCUT2D eigenvalue weighted by Crippen LogP contribution is 2.40. The highest BCUT2D eigenvalue weighted by Gasteiger charge is 2.37. The van der Waals surface area contributed by atoms with Crippen molar-refractivity contribution in [3.8, 4) is 0 Å². The molecule has 0 N–H and O–H groups in total. The van der Waals surface area contributed by atoms with Crippen LogP contribution in [0.4, 0.5) is 17.6 Å². The minimum atomic E-state index is -3.64. The van der Waals surface area contributed by atoms with E-state index in [4.69, 9.17) is 18.9 Å². The van der Waals surface area contributed by atoms with Crippen LogP contribution < -0.4 is 0 Å². The molecule has 0 aromatic heterocycles. The third kappa shape index (κ3) is 5.11. The van der Waals surface area contributed by atoms with Gasteiger partial charge in [0.15, 0.2) is 12.6 Å². The van der Waals surface area contributed by atoms with Crippen LogP contribution in [-0.2, 0) is 22.9 Å². The van der Waals surface area contributed by atoms with Gasteiger partial charge in [0.1, 0.15) is 17.2 Å². The second-order valence-corrected chi connectivity index (χ2v) is 8.16. The van der Waals surface area contributed by atoms with Gasteiger partial charge in [0.2, 0.25) is 0 Å². The molecule has 2 heterocycles. The summed E-state index contributed by atoms with van der Waals surface area (Å²) < 4.78 is 73.4. The van der Waals surface area contributed by atoms with Crippen molar-refractivity contribution in [1.82, 2.24) is 0 Å². The molecule has 152 valence electrons. The molecule has 4 nitrogen and oxygen atoms in total. The summed E-state index contributed by atoms with van der Waals surface area (Å²) in [6.45, 7) is 3.75. The van der Waals surface area contributed by atoms with Crippen LogP contribution in [0.3, 0.4) is 0 Å². The molecule has 0 unspecified atom stereocenters. The molecular weight excluding hydrogens is 483 g/mol. The molecule has 2 saturated heterocycles. The van der Waals surface area contributed by atoms with Crippen LogP contribution in [0, 0.1) is 23.5 Å². The molecule has 9 heteroatoms. The number of hydrogen-bond donors (Lipinski definition) is 0. The van der Waals surface area contributed by atoms with Gasteiger partial charge in [-0.25, -0.2) is 8.78 Å². The molecule has 1 aromatic carbocycles. The molecule has 0 radical (unpaired) electrons. The third-order valence-corrected chi connectivity index (χ3v) is 5.16. The molecule has 0 atom stereocenters. The van der Waals surface area contributed by atoms with Crippen LogP contribution in [0.2, 0.25) is 0 Å².